The second kappa shape index (κ2) is 5.56. The number of nitrogens with zero attached hydrogens (tertiary/aromatic N) is 1. The fourth-order valence-electron chi connectivity index (χ4n) is 2.18. The van der Waals surface area contributed by atoms with E-state index in [-0.39, 0.29) is 5.56 Å². The Kier molecular flexibility index (Phi) is 4.07. The molecule has 1 unspecified atom stereocenters. The molecule has 1 aliphatic heterocycles. The summed E-state index contributed by atoms with van der Waals surface area (Å²) in [4.78, 5) is 2.13. The summed E-state index contributed by atoms with van der Waals surface area (Å²) in [7, 11) is 0. The first-order chi connectivity index (χ1) is 8.18. The predicted octanol–water partition coefficient (Wildman–Crippen LogP) is 2.15. The molecular weight excluding hydrogens is 222 g/mol. The Hall–Kier alpha value is -1.00. The van der Waals surface area contributed by atoms with Gasteiger partial charge in [0.05, 0.1) is 0 Å². The molecule has 4 heteroatoms. The maximum Gasteiger partial charge on any atom is 0.130 e. The lowest BCUT2D eigenvalue weighted by Gasteiger charge is -2.26. The first kappa shape index (κ1) is 12.5. The minimum Gasteiger partial charge on any atom is -0.315 e. The quantitative estimate of drug-likeness (QED) is 0.852. The second-order valence-electron chi connectivity index (χ2n) is 4.56. The van der Waals surface area contributed by atoms with E-state index < -0.39 is 11.6 Å². The van der Waals surface area contributed by atoms with E-state index in [4.69, 9.17) is 0 Å². The average molecular weight is 240 g/mol. The van der Waals surface area contributed by atoms with Gasteiger partial charge < -0.3 is 5.32 Å². The third kappa shape index (κ3) is 3.01. The monoisotopic (exact) mass is 240 g/mol. The summed E-state index contributed by atoms with van der Waals surface area (Å²) in [5, 5.41) is 3.29. The molecule has 0 aliphatic carbocycles. The van der Waals surface area contributed by atoms with Crippen LogP contribution in [0.15, 0.2) is 18.2 Å². The Morgan fingerprint density at radius 2 is 2.00 bits per heavy atom. The molecule has 1 saturated heterocycles. The zero-order valence-corrected chi connectivity index (χ0v) is 10.0. The first-order valence-corrected chi connectivity index (χ1v) is 6.06. The van der Waals surface area contributed by atoms with Crippen molar-refractivity contribution < 1.29 is 8.78 Å². The molecule has 0 saturated carbocycles. The topological polar surface area (TPSA) is 15.3 Å². The Balaban J connectivity index is 2.13. The maximum atomic E-state index is 13.6. The number of hydrogen-bond donors (Lipinski definition) is 1. The van der Waals surface area contributed by atoms with Crippen molar-refractivity contribution in [3.63, 3.8) is 0 Å². The molecule has 1 fully saturated rings. The summed E-state index contributed by atoms with van der Waals surface area (Å²) in [6, 6.07) is 4.39. The van der Waals surface area contributed by atoms with Crippen molar-refractivity contribution in [2.24, 2.45) is 0 Å². The van der Waals surface area contributed by atoms with Gasteiger partial charge in [-0.05, 0) is 32.0 Å². The van der Waals surface area contributed by atoms with Gasteiger partial charge in [-0.25, -0.2) is 8.78 Å². The van der Waals surface area contributed by atoms with E-state index in [0.29, 0.717) is 12.6 Å². The van der Waals surface area contributed by atoms with Gasteiger partial charge in [0.25, 0.3) is 0 Å². The molecule has 1 aromatic carbocycles. The van der Waals surface area contributed by atoms with Crippen molar-refractivity contribution in [1.29, 1.82) is 0 Å². The largest absolute Gasteiger partial charge is 0.315 e. The van der Waals surface area contributed by atoms with Gasteiger partial charge in [-0.2, -0.15) is 0 Å². The van der Waals surface area contributed by atoms with E-state index in [1.165, 1.54) is 18.2 Å². The Morgan fingerprint density at radius 1 is 1.29 bits per heavy atom. The number of halogens is 2. The van der Waals surface area contributed by atoms with Crippen molar-refractivity contribution in [2.75, 3.05) is 19.6 Å². The third-order valence-corrected chi connectivity index (χ3v) is 3.36. The molecule has 17 heavy (non-hydrogen) atoms. The van der Waals surface area contributed by atoms with E-state index >= 15 is 0 Å². The fourth-order valence-corrected chi connectivity index (χ4v) is 2.18. The standard InChI is InChI=1S/C13H18F2N2/c1-10-5-6-16-7-8-17(10)9-11-12(14)3-2-4-13(11)15/h2-4,10,16H,5-9H2,1H3. The molecule has 1 aromatic rings. The van der Waals surface area contributed by atoms with E-state index in [1.54, 1.807) is 0 Å². The Morgan fingerprint density at radius 3 is 2.71 bits per heavy atom. The van der Waals surface area contributed by atoms with Crippen LogP contribution in [-0.4, -0.2) is 30.6 Å². The highest BCUT2D eigenvalue weighted by atomic mass is 19.1. The van der Waals surface area contributed by atoms with Crippen LogP contribution < -0.4 is 5.32 Å². The molecule has 1 atom stereocenters. The summed E-state index contributed by atoms with van der Waals surface area (Å²) in [5.41, 5.74) is 0.182. The molecule has 1 aliphatic rings. The fraction of sp³-hybridized carbons (Fsp3) is 0.538. The third-order valence-electron chi connectivity index (χ3n) is 3.36. The molecule has 2 nitrogen and oxygen atoms in total. The van der Waals surface area contributed by atoms with Gasteiger partial charge in [0.15, 0.2) is 0 Å². The van der Waals surface area contributed by atoms with E-state index in [2.05, 4.69) is 17.1 Å². The number of rotatable bonds is 2. The zero-order chi connectivity index (χ0) is 12.3. The average Bonchev–Trinajstić information content (AvgIpc) is 2.49. The summed E-state index contributed by atoms with van der Waals surface area (Å²) < 4.78 is 27.1. The molecule has 0 amide bonds. The lowest BCUT2D eigenvalue weighted by atomic mass is 10.1. The van der Waals surface area contributed by atoms with Gasteiger partial charge >= 0.3 is 0 Å². The highest BCUT2D eigenvalue weighted by Crippen LogP contribution is 2.17. The van der Waals surface area contributed by atoms with E-state index in [0.717, 1.165) is 26.1 Å². The number of hydrogen-bond acceptors (Lipinski definition) is 2. The summed E-state index contributed by atoms with van der Waals surface area (Å²) >= 11 is 0. The van der Waals surface area contributed by atoms with Crippen LogP contribution in [0.2, 0.25) is 0 Å². The molecule has 0 radical (unpaired) electrons. The van der Waals surface area contributed by atoms with Crippen molar-refractivity contribution >= 4 is 0 Å². The molecule has 0 spiro atoms. The van der Waals surface area contributed by atoms with Crippen molar-refractivity contribution in [2.45, 2.75) is 25.9 Å². The van der Waals surface area contributed by atoms with Crippen LogP contribution >= 0.6 is 0 Å². The smallest absolute Gasteiger partial charge is 0.130 e. The van der Waals surface area contributed by atoms with Crippen LogP contribution in [0.5, 0.6) is 0 Å². The summed E-state index contributed by atoms with van der Waals surface area (Å²) in [5.74, 6) is -0.899. The molecule has 0 aromatic heterocycles. The highest BCUT2D eigenvalue weighted by Gasteiger charge is 2.19. The molecule has 1 heterocycles. The van der Waals surface area contributed by atoms with Crippen molar-refractivity contribution in [1.82, 2.24) is 10.2 Å². The van der Waals surface area contributed by atoms with Crippen LogP contribution in [0.25, 0.3) is 0 Å². The number of nitrogens with one attached hydrogen (secondary N) is 1. The zero-order valence-electron chi connectivity index (χ0n) is 10.0. The van der Waals surface area contributed by atoms with Gasteiger partial charge in [-0.15, -0.1) is 0 Å². The Bertz CT molecular complexity index is 361. The lowest BCUT2D eigenvalue weighted by molar-refractivity contribution is 0.206. The van der Waals surface area contributed by atoms with Crippen molar-refractivity contribution in [3.8, 4) is 0 Å². The first-order valence-electron chi connectivity index (χ1n) is 6.06. The lowest BCUT2D eigenvalue weighted by Crippen LogP contribution is -2.34. The van der Waals surface area contributed by atoms with Crippen LogP contribution in [0.4, 0.5) is 8.78 Å². The maximum absolute atomic E-state index is 13.6. The van der Waals surface area contributed by atoms with Crippen LogP contribution in [0.1, 0.15) is 18.9 Å². The van der Waals surface area contributed by atoms with E-state index in [1.807, 2.05) is 0 Å². The highest BCUT2D eigenvalue weighted by molar-refractivity contribution is 5.19. The van der Waals surface area contributed by atoms with Gasteiger partial charge in [0, 0.05) is 31.2 Å². The molecule has 94 valence electrons. The van der Waals surface area contributed by atoms with Gasteiger partial charge in [-0.1, -0.05) is 6.07 Å². The van der Waals surface area contributed by atoms with Gasteiger partial charge in [0.2, 0.25) is 0 Å². The van der Waals surface area contributed by atoms with Crippen LogP contribution in [0, 0.1) is 11.6 Å². The minimum absolute atomic E-state index is 0.182. The molecule has 0 bridgehead atoms. The Labute approximate surface area is 101 Å². The molecule has 2 rings (SSSR count). The predicted molar refractivity (Wildman–Crippen MR) is 63.7 cm³/mol. The second-order valence-corrected chi connectivity index (χ2v) is 4.56. The van der Waals surface area contributed by atoms with E-state index in [9.17, 15) is 8.78 Å². The molecular formula is C13H18F2N2. The van der Waals surface area contributed by atoms with Gasteiger partial charge in [-0.3, -0.25) is 4.90 Å². The summed E-state index contributed by atoms with van der Waals surface area (Å²) in [6.07, 6.45) is 1.01. The normalized spacial score (nSPS) is 22.4. The van der Waals surface area contributed by atoms with Crippen molar-refractivity contribution in [3.05, 3.63) is 35.4 Å². The van der Waals surface area contributed by atoms with Gasteiger partial charge in [0.1, 0.15) is 11.6 Å². The molecule has 1 N–H and O–H groups in total. The van der Waals surface area contributed by atoms with Crippen LogP contribution in [-0.2, 0) is 6.54 Å². The number of benzene rings is 1. The minimum atomic E-state index is -0.450. The summed E-state index contributed by atoms with van der Waals surface area (Å²) in [6.45, 7) is 5.12. The van der Waals surface area contributed by atoms with Crippen LogP contribution in [0.3, 0.4) is 0 Å². The SMILES string of the molecule is CC1CCNCCN1Cc1c(F)cccc1F.